The molecule has 0 aliphatic carbocycles. The second kappa shape index (κ2) is 12.1. The highest BCUT2D eigenvalue weighted by molar-refractivity contribution is 5.93. The van der Waals surface area contributed by atoms with Crippen molar-refractivity contribution in [1.29, 1.82) is 0 Å². The molecule has 0 spiro atoms. The number of aryl methyl sites for hydroxylation is 1. The van der Waals surface area contributed by atoms with E-state index in [4.69, 9.17) is 4.74 Å². The highest BCUT2D eigenvalue weighted by Crippen LogP contribution is 2.31. The van der Waals surface area contributed by atoms with Gasteiger partial charge in [-0.3, -0.25) is 9.59 Å². The van der Waals surface area contributed by atoms with Gasteiger partial charge in [0.2, 0.25) is 11.8 Å². The molecule has 0 saturated heterocycles. The number of aromatic hydroxyl groups is 1. The van der Waals surface area contributed by atoms with Gasteiger partial charge in [-0.2, -0.15) is 0 Å². The number of hydrogen-bond donors (Lipinski definition) is 3. The first kappa shape index (κ1) is 31.7. The third-order valence-corrected chi connectivity index (χ3v) is 5.72. The van der Waals surface area contributed by atoms with Crippen LogP contribution >= 0.6 is 0 Å². The lowest BCUT2D eigenvalue weighted by molar-refractivity contribution is -0.149. The SMILES string of the molecule is Cc1ccc(C(C(=O)NC(C)(C)C)N(C(=O)C(Cc2ccc(O)cc2)NC(=O)OC(C)(C)C)C(C)(C)C)cc1. The monoisotopic (exact) mass is 539 g/mol. The van der Waals surface area contributed by atoms with Crippen LogP contribution in [0.1, 0.15) is 85.0 Å². The van der Waals surface area contributed by atoms with Crippen LogP contribution in [0.25, 0.3) is 0 Å². The summed E-state index contributed by atoms with van der Waals surface area (Å²) in [6, 6.07) is 12.0. The third kappa shape index (κ3) is 9.93. The van der Waals surface area contributed by atoms with Crippen molar-refractivity contribution in [2.45, 2.75) is 104 Å². The maximum absolute atomic E-state index is 14.4. The van der Waals surface area contributed by atoms with Crippen molar-refractivity contribution in [2.24, 2.45) is 0 Å². The van der Waals surface area contributed by atoms with Gasteiger partial charge in [-0.15, -0.1) is 0 Å². The Hall–Kier alpha value is -3.55. The summed E-state index contributed by atoms with van der Waals surface area (Å²) >= 11 is 0. The Kier molecular flexibility index (Phi) is 9.82. The maximum Gasteiger partial charge on any atom is 0.408 e. The highest BCUT2D eigenvalue weighted by atomic mass is 16.6. The second-order valence-corrected chi connectivity index (χ2v) is 13.0. The lowest BCUT2D eigenvalue weighted by Crippen LogP contribution is -2.60. The zero-order chi connectivity index (χ0) is 29.8. The molecule has 3 N–H and O–H groups in total. The molecule has 0 heterocycles. The first-order valence-corrected chi connectivity index (χ1v) is 13.3. The number of phenols is 1. The fraction of sp³-hybridized carbons (Fsp3) is 0.516. The average molecular weight is 540 g/mol. The summed E-state index contributed by atoms with van der Waals surface area (Å²) < 4.78 is 5.47. The molecule has 2 unspecified atom stereocenters. The van der Waals surface area contributed by atoms with E-state index >= 15 is 0 Å². The zero-order valence-electron chi connectivity index (χ0n) is 25.0. The molecule has 2 rings (SSSR count). The van der Waals surface area contributed by atoms with Gasteiger partial charge >= 0.3 is 6.09 Å². The minimum absolute atomic E-state index is 0.0938. The summed E-state index contributed by atoms with van der Waals surface area (Å²) in [6.07, 6.45) is -0.605. The van der Waals surface area contributed by atoms with Crippen molar-refractivity contribution in [3.05, 3.63) is 65.2 Å². The van der Waals surface area contributed by atoms with Crippen LogP contribution in [-0.4, -0.2) is 50.6 Å². The summed E-state index contributed by atoms with van der Waals surface area (Å²) in [5.41, 5.74) is 0.307. The van der Waals surface area contributed by atoms with Crippen molar-refractivity contribution in [3.8, 4) is 5.75 Å². The third-order valence-electron chi connectivity index (χ3n) is 5.72. The van der Waals surface area contributed by atoms with Crippen LogP contribution in [-0.2, 0) is 20.7 Å². The van der Waals surface area contributed by atoms with Gasteiger partial charge in [0.1, 0.15) is 23.4 Å². The molecule has 2 aromatic carbocycles. The number of carbonyl (C=O) groups is 3. The maximum atomic E-state index is 14.4. The predicted octanol–water partition coefficient (Wildman–Crippen LogP) is 5.42. The van der Waals surface area contributed by atoms with Crippen molar-refractivity contribution in [2.75, 3.05) is 0 Å². The summed E-state index contributed by atoms with van der Waals surface area (Å²) in [5.74, 6) is -0.664. The fourth-order valence-electron chi connectivity index (χ4n) is 4.14. The van der Waals surface area contributed by atoms with E-state index in [1.54, 1.807) is 37.8 Å². The van der Waals surface area contributed by atoms with E-state index in [9.17, 15) is 19.5 Å². The van der Waals surface area contributed by atoms with E-state index in [-0.39, 0.29) is 18.1 Å². The van der Waals surface area contributed by atoms with Gasteiger partial charge in [-0.25, -0.2) is 4.79 Å². The Labute approximate surface area is 233 Å². The quantitative estimate of drug-likeness (QED) is 0.436. The molecule has 0 saturated carbocycles. The summed E-state index contributed by atoms with van der Waals surface area (Å²) in [5, 5.41) is 15.5. The van der Waals surface area contributed by atoms with Gasteiger partial charge in [-0.05, 0) is 92.5 Å². The van der Waals surface area contributed by atoms with Crippen molar-refractivity contribution in [1.82, 2.24) is 15.5 Å². The number of nitrogens with one attached hydrogen (secondary N) is 2. The Morgan fingerprint density at radius 1 is 0.872 bits per heavy atom. The number of phenolic OH excluding ortho intramolecular Hbond substituents is 1. The van der Waals surface area contributed by atoms with E-state index in [1.165, 1.54) is 12.1 Å². The number of benzene rings is 2. The molecule has 0 aliphatic heterocycles. The van der Waals surface area contributed by atoms with Gasteiger partial charge in [0.25, 0.3) is 0 Å². The minimum atomic E-state index is -1.04. The van der Waals surface area contributed by atoms with Crippen LogP contribution in [0.2, 0.25) is 0 Å². The normalized spacial score (nSPS) is 13.7. The van der Waals surface area contributed by atoms with Crippen LogP contribution in [0.5, 0.6) is 5.75 Å². The molecule has 0 bridgehead atoms. The average Bonchev–Trinajstić information content (AvgIpc) is 2.75. The number of amides is 3. The molecule has 0 radical (unpaired) electrons. The lowest BCUT2D eigenvalue weighted by Gasteiger charge is -2.43. The molecule has 0 aromatic heterocycles. The lowest BCUT2D eigenvalue weighted by atomic mass is 9.93. The van der Waals surface area contributed by atoms with E-state index < -0.39 is 40.8 Å². The molecule has 8 heteroatoms. The van der Waals surface area contributed by atoms with Gasteiger partial charge in [0.05, 0.1) is 0 Å². The Balaban J connectivity index is 2.62. The fourth-order valence-corrected chi connectivity index (χ4v) is 4.14. The molecule has 8 nitrogen and oxygen atoms in total. The standard InChI is InChI=1S/C31H45N3O5/c1-20-11-15-22(16-12-20)25(26(36)33-29(2,3)4)34(30(5,6)7)27(37)24(32-28(38)39-31(8,9)10)19-21-13-17-23(35)18-14-21/h11-18,24-25,35H,19H2,1-10H3,(H,32,38)(H,33,36). The molecular weight excluding hydrogens is 494 g/mol. The van der Waals surface area contributed by atoms with Gasteiger partial charge in [-0.1, -0.05) is 42.0 Å². The van der Waals surface area contributed by atoms with Gasteiger partial charge in [0, 0.05) is 17.5 Å². The highest BCUT2D eigenvalue weighted by Gasteiger charge is 2.42. The molecule has 3 amide bonds. The Bertz CT molecular complexity index is 1140. The smallest absolute Gasteiger partial charge is 0.408 e. The van der Waals surface area contributed by atoms with Crippen molar-refractivity contribution >= 4 is 17.9 Å². The van der Waals surface area contributed by atoms with E-state index in [1.807, 2.05) is 72.7 Å². The summed E-state index contributed by atoms with van der Waals surface area (Å²) in [6.45, 7) is 18.4. The molecular formula is C31H45N3O5. The number of ether oxygens (including phenoxy) is 1. The molecule has 0 fully saturated rings. The van der Waals surface area contributed by atoms with E-state index in [0.29, 0.717) is 5.56 Å². The Morgan fingerprint density at radius 2 is 1.41 bits per heavy atom. The molecule has 0 aliphatic rings. The predicted molar refractivity (Wildman–Crippen MR) is 153 cm³/mol. The summed E-state index contributed by atoms with van der Waals surface area (Å²) in [7, 11) is 0. The van der Waals surface area contributed by atoms with Crippen LogP contribution in [0.15, 0.2) is 48.5 Å². The van der Waals surface area contributed by atoms with Crippen LogP contribution in [0.3, 0.4) is 0 Å². The number of hydrogen-bond acceptors (Lipinski definition) is 5. The zero-order valence-corrected chi connectivity index (χ0v) is 25.0. The molecule has 39 heavy (non-hydrogen) atoms. The van der Waals surface area contributed by atoms with Crippen molar-refractivity contribution in [3.63, 3.8) is 0 Å². The Morgan fingerprint density at radius 3 is 1.87 bits per heavy atom. The van der Waals surface area contributed by atoms with Crippen LogP contribution in [0, 0.1) is 6.92 Å². The van der Waals surface area contributed by atoms with Crippen LogP contribution in [0.4, 0.5) is 4.79 Å². The molecule has 214 valence electrons. The number of alkyl carbamates (subject to hydrolysis) is 1. The minimum Gasteiger partial charge on any atom is -0.508 e. The van der Waals surface area contributed by atoms with E-state index in [2.05, 4.69) is 10.6 Å². The topological polar surface area (TPSA) is 108 Å². The molecule has 2 atom stereocenters. The second-order valence-electron chi connectivity index (χ2n) is 13.0. The summed E-state index contributed by atoms with van der Waals surface area (Å²) in [4.78, 5) is 42.7. The first-order valence-electron chi connectivity index (χ1n) is 13.3. The largest absolute Gasteiger partial charge is 0.508 e. The number of rotatable bonds is 7. The van der Waals surface area contributed by atoms with Crippen molar-refractivity contribution < 1.29 is 24.2 Å². The van der Waals surface area contributed by atoms with Crippen LogP contribution < -0.4 is 10.6 Å². The molecule has 2 aromatic rings. The van der Waals surface area contributed by atoms with E-state index in [0.717, 1.165) is 11.1 Å². The first-order chi connectivity index (χ1) is 17.8. The number of nitrogens with zero attached hydrogens (tertiary/aromatic N) is 1. The van der Waals surface area contributed by atoms with Gasteiger partial charge in [0.15, 0.2) is 0 Å². The van der Waals surface area contributed by atoms with Gasteiger partial charge < -0.3 is 25.4 Å². The number of carbonyl (C=O) groups excluding carboxylic acids is 3.